The minimum Gasteiger partial charge on any atom is -0.495 e. The van der Waals surface area contributed by atoms with E-state index in [-0.39, 0.29) is 11.7 Å². The van der Waals surface area contributed by atoms with Gasteiger partial charge in [-0.3, -0.25) is 9.69 Å². The van der Waals surface area contributed by atoms with E-state index in [2.05, 4.69) is 55.4 Å². The largest absolute Gasteiger partial charge is 0.495 e. The van der Waals surface area contributed by atoms with Crippen molar-refractivity contribution in [3.63, 3.8) is 0 Å². The lowest BCUT2D eigenvalue weighted by atomic mass is 10.00. The first-order valence-electron chi connectivity index (χ1n) is 13.7. The van der Waals surface area contributed by atoms with Crippen molar-refractivity contribution in [2.75, 3.05) is 44.8 Å². The maximum absolute atomic E-state index is 13.7. The van der Waals surface area contributed by atoms with Crippen LogP contribution in [0.5, 0.6) is 5.75 Å². The molecule has 6 rings (SSSR count). The number of hydrogen-bond acceptors (Lipinski definition) is 8. The summed E-state index contributed by atoms with van der Waals surface area (Å²) in [4.78, 5) is 21.5. The lowest BCUT2D eigenvalue weighted by Crippen LogP contribution is -2.49. The van der Waals surface area contributed by atoms with Crippen molar-refractivity contribution in [3.8, 4) is 5.75 Å². The lowest BCUT2D eigenvalue weighted by molar-refractivity contribution is 0.0906. The second-order valence-electron chi connectivity index (χ2n) is 10.6. The molecule has 2 aromatic heterocycles. The molecule has 2 aliphatic rings. The fourth-order valence-corrected chi connectivity index (χ4v) is 6.04. The van der Waals surface area contributed by atoms with Crippen molar-refractivity contribution in [3.05, 3.63) is 75.3 Å². The number of methoxy groups -OCH3 is 1. The van der Waals surface area contributed by atoms with Gasteiger partial charge < -0.3 is 19.4 Å². The number of anilines is 1. The highest BCUT2D eigenvalue weighted by Crippen LogP contribution is 2.32. The molecule has 2 fully saturated rings. The Morgan fingerprint density at radius 2 is 1.95 bits per heavy atom. The first kappa shape index (κ1) is 25.5. The lowest BCUT2D eigenvalue weighted by Gasteiger charge is -2.40. The molecule has 4 heterocycles. The van der Waals surface area contributed by atoms with Gasteiger partial charge >= 0.3 is 0 Å². The van der Waals surface area contributed by atoms with Gasteiger partial charge in [-0.05, 0) is 72.3 Å². The van der Waals surface area contributed by atoms with E-state index < -0.39 is 6.04 Å². The topological polar surface area (TPSA) is 101 Å². The minimum atomic E-state index is -0.393. The number of para-hydroxylation sites is 2. The fraction of sp³-hybridized carbons (Fsp3) is 0.448. The third kappa shape index (κ3) is 5.02. The molecule has 0 unspecified atom stereocenters. The molecule has 39 heavy (non-hydrogen) atoms. The summed E-state index contributed by atoms with van der Waals surface area (Å²) in [7, 11) is 1.70. The van der Waals surface area contributed by atoms with Crippen LogP contribution in [0.15, 0.2) is 47.3 Å². The molecule has 0 amide bonds. The summed E-state index contributed by atoms with van der Waals surface area (Å²) in [5, 5.41) is 13.9. The van der Waals surface area contributed by atoms with Gasteiger partial charge in [0.1, 0.15) is 11.8 Å². The van der Waals surface area contributed by atoms with E-state index >= 15 is 0 Å². The summed E-state index contributed by atoms with van der Waals surface area (Å²) < 4.78 is 13.3. The Labute approximate surface area is 227 Å². The number of ether oxygens (including phenoxy) is 2. The van der Waals surface area contributed by atoms with E-state index in [9.17, 15) is 4.79 Å². The van der Waals surface area contributed by atoms with Crippen LogP contribution >= 0.6 is 0 Å². The van der Waals surface area contributed by atoms with Crippen molar-refractivity contribution in [2.24, 2.45) is 0 Å². The number of aromatic nitrogens is 5. The number of nitrogens with zero attached hydrogens (tertiary/aromatic N) is 6. The Hall–Kier alpha value is -3.76. The van der Waals surface area contributed by atoms with E-state index in [4.69, 9.17) is 9.47 Å². The zero-order valence-electron chi connectivity index (χ0n) is 22.8. The van der Waals surface area contributed by atoms with Crippen LogP contribution < -0.4 is 15.2 Å². The number of hydrogen-bond donors (Lipinski definition) is 1. The summed E-state index contributed by atoms with van der Waals surface area (Å²) in [5.74, 6) is 1.53. The van der Waals surface area contributed by atoms with Crippen LogP contribution in [0.25, 0.3) is 10.9 Å². The van der Waals surface area contributed by atoms with E-state index in [0.29, 0.717) is 17.9 Å². The number of fused-ring (bicyclic) bond motifs is 1. The predicted octanol–water partition coefficient (Wildman–Crippen LogP) is 3.23. The number of piperazine rings is 1. The standard InChI is InChI=1S/C29H35N7O3/c1-19-15-20(2)26-21(16-19)17-23(29(37)30-26)27(28-31-32-33-36(28)18-22-7-6-14-39-22)35-12-10-34(11-13-35)24-8-4-5-9-25(24)38-3/h4-5,8-9,15-17,22,27H,6-7,10-14,18H2,1-3H3,(H,30,37)/t22-,27+/m1/s1. The molecule has 4 aromatic rings. The van der Waals surface area contributed by atoms with Gasteiger partial charge in [0.15, 0.2) is 5.82 Å². The van der Waals surface area contributed by atoms with E-state index in [1.807, 2.05) is 35.9 Å². The van der Waals surface area contributed by atoms with Crippen LogP contribution in [0.1, 0.15) is 41.4 Å². The second kappa shape index (κ2) is 10.8. The first-order chi connectivity index (χ1) is 19.0. The summed E-state index contributed by atoms with van der Waals surface area (Å²) in [6.45, 7) is 8.49. The third-order valence-electron chi connectivity index (χ3n) is 7.93. The zero-order chi connectivity index (χ0) is 26.9. The van der Waals surface area contributed by atoms with Crippen molar-refractivity contribution in [2.45, 2.75) is 45.4 Å². The Morgan fingerprint density at radius 3 is 2.72 bits per heavy atom. The summed E-state index contributed by atoms with van der Waals surface area (Å²) in [6, 6.07) is 13.9. The van der Waals surface area contributed by atoms with Gasteiger partial charge in [0.2, 0.25) is 0 Å². The smallest absolute Gasteiger partial charge is 0.253 e. The van der Waals surface area contributed by atoms with E-state index in [0.717, 1.165) is 79.1 Å². The van der Waals surface area contributed by atoms with Gasteiger partial charge in [0.25, 0.3) is 5.56 Å². The van der Waals surface area contributed by atoms with Crippen LogP contribution in [0.2, 0.25) is 0 Å². The minimum absolute atomic E-state index is 0.0791. The Balaban J connectivity index is 1.38. The number of rotatable bonds is 7. The molecule has 204 valence electrons. The molecule has 2 atom stereocenters. The van der Waals surface area contributed by atoms with Gasteiger partial charge in [-0.25, -0.2) is 4.68 Å². The van der Waals surface area contributed by atoms with Crippen LogP contribution in [-0.2, 0) is 11.3 Å². The third-order valence-corrected chi connectivity index (χ3v) is 7.93. The van der Waals surface area contributed by atoms with Gasteiger partial charge in [-0.2, -0.15) is 0 Å². The molecule has 2 aliphatic heterocycles. The highest BCUT2D eigenvalue weighted by atomic mass is 16.5. The van der Waals surface area contributed by atoms with Gasteiger partial charge in [-0.15, -0.1) is 5.10 Å². The van der Waals surface area contributed by atoms with Crippen molar-refractivity contribution in [1.82, 2.24) is 30.1 Å². The van der Waals surface area contributed by atoms with E-state index in [1.54, 1.807) is 7.11 Å². The highest BCUT2D eigenvalue weighted by Gasteiger charge is 2.34. The Bertz CT molecular complexity index is 1520. The maximum Gasteiger partial charge on any atom is 0.253 e. The Morgan fingerprint density at radius 1 is 1.13 bits per heavy atom. The van der Waals surface area contributed by atoms with Gasteiger partial charge in [-0.1, -0.05) is 23.8 Å². The molecule has 10 nitrogen and oxygen atoms in total. The molecule has 1 N–H and O–H groups in total. The zero-order valence-corrected chi connectivity index (χ0v) is 22.8. The number of benzene rings is 2. The molecule has 0 bridgehead atoms. The molecule has 0 aliphatic carbocycles. The number of H-pyrrole nitrogens is 1. The molecule has 10 heteroatoms. The molecule has 0 spiro atoms. The molecule has 0 radical (unpaired) electrons. The van der Waals surface area contributed by atoms with Crippen LogP contribution in [-0.4, -0.2) is 76.1 Å². The monoisotopic (exact) mass is 529 g/mol. The number of aromatic amines is 1. The normalized spacial score (nSPS) is 19.1. The Kier molecular flexibility index (Phi) is 7.05. The van der Waals surface area contributed by atoms with Gasteiger partial charge in [0.05, 0.1) is 31.0 Å². The number of pyridine rings is 1. The SMILES string of the molecule is COc1ccccc1N1CCN([C@@H](c2cc3cc(C)cc(C)c3[nH]c2=O)c2nnnn2C[C@H]2CCCO2)CC1. The number of nitrogens with one attached hydrogen (secondary N) is 1. The van der Waals surface area contributed by atoms with Crippen molar-refractivity contribution in [1.29, 1.82) is 0 Å². The number of tetrazole rings is 1. The molecule has 2 saturated heterocycles. The van der Waals surface area contributed by atoms with Crippen molar-refractivity contribution >= 4 is 16.6 Å². The predicted molar refractivity (Wildman–Crippen MR) is 149 cm³/mol. The maximum atomic E-state index is 13.7. The molecule has 2 aromatic carbocycles. The summed E-state index contributed by atoms with van der Waals surface area (Å²) in [6.07, 6.45) is 2.10. The molecular formula is C29H35N7O3. The van der Waals surface area contributed by atoms with Crippen LogP contribution in [0.3, 0.4) is 0 Å². The molecular weight excluding hydrogens is 494 g/mol. The second-order valence-corrected chi connectivity index (χ2v) is 10.6. The van der Waals surface area contributed by atoms with Crippen molar-refractivity contribution < 1.29 is 9.47 Å². The van der Waals surface area contributed by atoms with E-state index in [1.165, 1.54) is 0 Å². The van der Waals surface area contributed by atoms with Gasteiger partial charge in [0, 0.05) is 38.3 Å². The summed E-state index contributed by atoms with van der Waals surface area (Å²) in [5.41, 5.74) is 4.70. The van der Waals surface area contributed by atoms with Crippen LogP contribution in [0.4, 0.5) is 5.69 Å². The number of aryl methyl sites for hydroxylation is 2. The quantitative estimate of drug-likeness (QED) is 0.390. The van der Waals surface area contributed by atoms with Crippen LogP contribution in [0, 0.1) is 13.8 Å². The average Bonchev–Trinajstić information content (AvgIpc) is 3.63. The fourth-order valence-electron chi connectivity index (χ4n) is 6.04. The average molecular weight is 530 g/mol. The summed E-state index contributed by atoms with van der Waals surface area (Å²) >= 11 is 0. The first-order valence-corrected chi connectivity index (χ1v) is 13.7. The highest BCUT2D eigenvalue weighted by molar-refractivity contribution is 5.83. The molecule has 0 saturated carbocycles.